The summed E-state index contributed by atoms with van der Waals surface area (Å²) in [6.45, 7) is 0. The molecule has 0 aliphatic heterocycles. The number of nitrogens with one attached hydrogen (secondary N) is 1. The molecular formula is C12H15F3N2OS. The number of rotatable bonds is 5. The maximum absolute atomic E-state index is 12.7. The summed E-state index contributed by atoms with van der Waals surface area (Å²) in [5, 5.41) is 2.23. The van der Waals surface area contributed by atoms with E-state index in [0.29, 0.717) is 12.2 Å². The monoisotopic (exact) mass is 292 g/mol. The number of alkyl halides is 3. The van der Waals surface area contributed by atoms with Crippen molar-refractivity contribution in [3.63, 3.8) is 0 Å². The largest absolute Gasteiger partial charge is 0.418 e. The number of carbonyl (C=O) groups is 1. The van der Waals surface area contributed by atoms with Crippen LogP contribution in [0.3, 0.4) is 0 Å². The second-order valence-corrected chi connectivity index (χ2v) is 4.91. The first-order valence-electron chi connectivity index (χ1n) is 5.58. The molecule has 7 heteroatoms. The number of amides is 1. The molecule has 0 unspecified atom stereocenters. The molecule has 3 N–H and O–H groups in total. The number of hydrogen-bond donors (Lipinski definition) is 2. The van der Waals surface area contributed by atoms with Gasteiger partial charge < -0.3 is 11.1 Å². The van der Waals surface area contributed by atoms with Gasteiger partial charge in [0.1, 0.15) is 0 Å². The Balaban J connectivity index is 2.80. The molecule has 1 atom stereocenters. The van der Waals surface area contributed by atoms with Crippen molar-refractivity contribution >= 4 is 23.4 Å². The molecule has 0 saturated carbocycles. The van der Waals surface area contributed by atoms with Crippen LogP contribution >= 0.6 is 11.8 Å². The van der Waals surface area contributed by atoms with E-state index >= 15 is 0 Å². The van der Waals surface area contributed by atoms with Crippen LogP contribution in [0.5, 0.6) is 0 Å². The minimum atomic E-state index is -4.51. The lowest BCUT2D eigenvalue weighted by Crippen LogP contribution is -2.36. The number of halogens is 3. The highest BCUT2D eigenvalue weighted by Gasteiger charge is 2.33. The quantitative estimate of drug-likeness (QED) is 0.877. The molecule has 3 nitrogen and oxygen atoms in total. The standard InChI is InChI=1S/C12H15F3N2OS/c1-19-7-6-9(16)11(18)17-10-5-3-2-4-8(10)12(13,14)15/h2-5,9H,6-7,16H2,1H3,(H,17,18)/t9-/m1/s1. The van der Waals surface area contributed by atoms with Crippen LogP contribution in [0, 0.1) is 0 Å². The van der Waals surface area contributed by atoms with Gasteiger partial charge in [0, 0.05) is 0 Å². The van der Waals surface area contributed by atoms with Crippen LogP contribution in [0.25, 0.3) is 0 Å². The van der Waals surface area contributed by atoms with E-state index in [1.165, 1.54) is 30.0 Å². The van der Waals surface area contributed by atoms with E-state index in [9.17, 15) is 18.0 Å². The number of benzene rings is 1. The normalized spacial score (nSPS) is 13.1. The summed E-state index contributed by atoms with van der Waals surface area (Å²) in [6.07, 6.45) is -2.22. The molecule has 19 heavy (non-hydrogen) atoms. The Hall–Kier alpha value is -1.21. The SMILES string of the molecule is CSCC[C@@H](N)C(=O)Nc1ccccc1C(F)(F)F. The Labute approximate surface area is 113 Å². The van der Waals surface area contributed by atoms with Crippen molar-refractivity contribution in [1.82, 2.24) is 0 Å². The molecule has 1 rings (SSSR count). The highest BCUT2D eigenvalue weighted by molar-refractivity contribution is 7.98. The van der Waals surface area contributed by atoms with Gasteiger partial charge in [0.05, 0.1) is 17.3 Å². The van der Waals surface area contributed by atoms with Gasteiger partial charge in [0.15, 0.2) is 0 Å². The maximum Gasteiger partial charge on any atom is 0.418 e. The lowest BCUT2D eigenvalue weighted by molar-refractivity contribution is -0.137. The van der Waals surface area contributed by atoms with Crippen molar-refractivity contribution < 1.29 is 18.0 Å². The van der Waals surface area contributed by atoms with Gasteiger partial charge in [-0.15, -0.1) is 0 Å². The minimum absolute atomic E-state index is 0.264. The molecule has 0 aliphatic rings. The average molecular weight is 292 g/mol. The molecule has 1 aromatic carbocycles. The van der Waals surface area contributed by atoms with Crippen LogP contribution in [0.2, 0.25) is 0 Å². The van der Waals surface area contributed by atoms with Gasteiger partial charge in [0.2, 0.25) is 5.91 Å². The first-order chi connectivity index (χ1) is 8.86. The third kappa shape index (κ3) is 4.76. The Morgan fingerprint density at radius 3 is 2.63 bits per heavy atom. The zero-order valence-corrected chi connectivity index (χ0v) is 11.1. The molecule has 0 saturated heterocycles. The highest BCUT2D eigenvalue weighted by Crippen LogP contribution is 2.34. The topological polar surface area (TPSA) is 55.1 Å². The van der Waals surface area contributed by atoms with Crippen molar-refractivity contribution in [2.24, 2.45) is 5.73 Å². The van der Waals surface area contributed by atoms with Gasteiger partial charge >= 0.3 is 6.18 Å². The second-order valence-electron chi connectivity index (χ2n) is 3.92. The fourth-order valence-corrected chi connectivity index (χ4v) is 1.93. The number of para-hydroxylation sites is 1. The number of hydrogen-bond acceptors (Lipinski definition) is 3. The number of nitrogens with two attached hydrogens (primary N) is 1. The van der Waals surface area contributed by atoms with Crippen molar-refractivity contribution in [3.05, 3.63) is 29.8 Å². The first kappa shape index (κ1) is 15.8. The maximum atomic E-state index is 12.7. The predicted molar refractivity (Wildman–Crippen MR) is 71.0 cm³/mol. The molecule has 106 valence electrons. The van der Waals surface area contributed by atoms with Crippen LogP contribution in [-0.2, 0) is 11.0 Å². The van der Waals surface area contributed by atoms with Gasteiger partial charge in [-0.2, -0.15) is 24.9 Å². The Morgan fingerprint density at radius 1 is 1.42 bits per heavy atom. The first-order valence-corrected chi connectivity index (χ1v) is 6.97. The number of anilines is 1. The van der Waals surface area contributed by atoms with E-state index in [-0.39, 0.29) is 5.69 Å². The third-order valence-electron chi connectivity index (χ3n) is 2.46. The van der Waals surface area contributed by atoms with E-state index in [2.05, 4.69) is 5.32 Å². The molecule has 0 radical (unpaired) electrons. The fraction of sp³-hybridized carbons (Fsp3) is 0.417. The van der Waals surface area contributed by atoms with Gasteiger partial charge in [-0.1, -0.05) is 12.1 Å². The molecule has 0 bridgehead atoms. The fourth-order valence-electron chi connectivity index (χ4n) is 1.44. The Bertz CT molecular complexity index is 437. The van der Waals surface area contributed by atoms with Gasteiger partial charge in [-0.3, -0.25) is 4.79 Å². The molecule has 0 heterocycles. The van der Waals surface area contributed by atoms with Gasteiger partial charge in [-0.05, 0) is 30.6 Å². The van der Waals surface area contributed by atoms with Crippen LogP contribution < -0.4 is 11.1 Å². The summed E-state index contributed by atoms with van der Waals surface area (Å²) in [6, 6.07) is 4.02. The van der Waals surface area contributed by atoms with E-state index in [1.807, 2.05) is 6.26 Å². The number of thioether (sulfide) groups is 1. The highest BCUT2D eigenvalue weighted by atomic mass is 32.2. The molecule has 0 fully saturated rings. The van der Waals surface area contributed by atoms with E-state index in [0.717, 1.165) is 6.07 Å². The van der Waals surface area contributed by atoms with E-state index in [4.69, 9.17) is 5.73 Å². The zero-order chi connectivity index (χ0) is 14.5. The van der Waals surface area contributed by atoms with Crippen molar-refractivity contribution in [1.29, 1.82) is 0 Å². The molecule has 0 aliphatic carbocycles. The van der Waals surface area contributed by atoms with Gasteiger partial charge in [0.25, 0.3) is 0 Å². The summed E-state index contributed by atoms with van der Waals surface area (Å²) in [4.78, 5) is 11.7. The second kappa shape index (κ2) is 6.81. The van der Waals surface area contributed by atoms with Gasteiger partial charge in [-0.25, -0.2) is 0 Å². The Kier molecular flexibility index (Phi) is 5.68. The molecule has 1 aromatic rings. The van der Waals surface area contributed by atoms with Crippen LogP contribution in [-0.4, -0.2) is 24.0 Å². The van der Waals surface area contributed by atoms with Crippen molar-refractivity contribution in [2.75, 3.05) is 17.3 Å². The van der Waals surface area contributed by atoms with Crippen LogP contribution in [0.1, 0.15) is 12.0 Å². The summed E-state index contributed by atoms with van der Waals surface area (Å²) >= 11 is 1.52. The average Bonchev–Trinajstić information content (AvgIpc) is 2.35. The summed E-state index contributed by atoms with van der Waals surface area (Å²) in [5.41, 5.74) is 4.46. The van der Waals surface area contributed by atoms with Crippen LogP contribution in [0.15, 0.2) is 24.3 Å². The summed E-state index contributed by atoms with van der Waals surface area (Å²) in [5.74, 6) is 0.0703. The zero-order valence-electron chi connectivity index (χ0n) is 10.3. The van der Waals surface area contributed by atoms with E-state index in [1.54, 1.807) is 0 Å². The minimum Gasteiger partial charge on any atom is -0.324 e. The third-order valence-corrected chi connectivity index (χ3v) is 3.10. The lowest BCUT2D eigenvalue weighted by Gasteiger charge is -2.16. The Morgan fingerprint density at radius 2 is 2.05 bits per heavy atom. The summed E-state index contributed by atoms with van der Waals surface area (Å²) in [7, 11) is 0. The summed E-state index contributed by atoms with van der Waals surface area (Å²) < 4.78 is 38.1. The number of carbonyl (C=O) groups excluding carboxylic acids is 1. The molecular weight excluding hydrogens is 277 g/mol. The molecule has 1 amide bonds. The van der Waals surface area contributed by atoms with Crippen LogP contribution in [0.4, 0.5) is 18.9 Å². The van der Waals surface area contributed by atoms with Crippen molar-refractivity contribution in [3.8, 4) is 0 Å². The predicted octanol–water partition coefficient (Wildman–Crippen LogP) is 2.72. The lowest BCUT2D eigenvalue weighted by atomic mass is 10.1. The van der Waals surface area contributed by atoms with Crippen molar-refractivity contribution in [2.45, 2.75) is 18.6 Å². The molecule has 0 spiro atoms. The molecule has 0 aromatic heterocycles. The smallest absolute Gasteiger partial charge is 0.324 e. The van der Waals surface area contributed by atoms with E-state index < -0.39 is 23.7 Å².